The van der Waals surface area contributed by atoms with Crippen molar-refractivity contribution in [1.29, 1.82) is 0 Å². The number of piperidine rings is 1. The van der Waals surface area contributed by atoms with Crippen LogP contribution in [0, 0.1) is 0 Å². The van der Waals surface area contributed by atoms with Crippen LogP contribution < -0.4 is 5.32 Å². The molecule has 1 fully saturated rings. The molecule has 0 radical (unpaired) electrons. The van der Waals surface area contributed by atoms with Gasteiger partial charge < -0.3 is 15.0 Å². The van der Waals surface area contributed by atoms with Gasteiger partial charge in [0.05, 0.1) is 0 Å². The second-order valence-electron chi connectivity index (χ2n) is 6.19. The Kier molecular flexibility index (Phi) is 5.85. The van der Waals surface area contributed by atoms with E-state index in [2.05, 4.69) is 17.4 Å². The van der Waals surface area contributed by atoms with Crippen molar-refractivity contribution in [3.05, 3.63) is 71.8 Å². The minimum Gasteiger partial charge on any atom is -0.445 e. The van der Waals surface area contributed by atoms with Gasteiger partial charge in [-0.15, -0.1) is 0 Å². The Morgan fingerprint density at radius 2 is 1.71 bits per heavy atom. The second-order valence-corrected chi connectivity index (χ2v) is 6.19. The maximum absolute atomic E-state index is 12.3. The molecule has 1 N–H and O–H groups in total. The first-order chi connectivity index (χ1) is 11.8. The molecular formula is C20H24N2O2. The topological polar surface area (TPSA) is 41.6 Å². The lowest BCUT2D eigenvalue weighted by molar-refractivity contribution is 0.0832. The van der Waals surface area contributed by atoms with Crippen LogP contribution in [0.3, 0.4) is 0 Å². The summed E-state index contributed by atoms with van der Waals surface area (Å²) in [4.78, 5) is 14.1. The second kappa shape index (κ2) is 8.50. The van der Waals surface area contributed by atoms with Gasteiger partial charge in [0.15, 0.2) is 0 Å². The number of carbonyl (C=O) groups excluding carboxylic acids is 1. The molecule has 4 heteroatoms. The number of nitrogens with zero attached hydrogens (tertiary/aromatic N) is 1. The Balaban J connectivity index is 1.45. The highest BCUT2D eigenvalue weighted by Gasteiger charge is 2.24. The minimum absolute atomic E-state index is 0.218. The van der Waals surface area contributed by atoms with Crippen LogP contribution in [-0.4, -0.2) is 30.1 Å². The molecule has 0 aromatic heterocycles. The molecule has 3 rings (SSSR count). The Hall–Kier alpha value is -2.33. The summed E-state index contributed by atoms with van der Waals surface area (Å²) in [6.45, 7) is 2.65. The van der Waals surface area contributed by atoms with Crippen molar-refractivity contribution in [3.63, 3.8) is 0 Å². The van der Waals surface area contributed by atoms with Crippen LogP contribution in [0.25, 0.3) is 0 Å². The normalized spacial score (nSPS) is 17.5. The summed E-state index contributed by atoms with van der Waals surface area (Å²) < 4.78 is 5.44. The average molecular weight is 324 g/mol. The van der Waals surface area contributed by atoms with Gasteiger partial charge in [-0.1, -0.05) is 60.7 Å². The van der Waals surface area contributed by atoms with Crippen molar-refractivity contribution in [2.45, 2.75) is 32.0 Å². The van der Waals surface area contributed by atoms with Crippen LogP contribution in [0.15, 0.2) is 60.7 Å². The predicted octanol–water partition coefficient (Wildman–Crippen LogP) is 3.58. The molecule has 1 saturated heterocycles. The highest BCUT2D eigenvalue weighted by molar-refractivity contribution is 5.67. The fraction of sp³-hybridized carbons (Fsp3) is 0.350. The van der Waals surface area contributed by atoms with E-state index in [1.54, 1.807) is 0 Å². The maximum Gasteiger partial charge on any atom is 0.410 e. The number of likely N-dealkylation sites (tertiary alicyclic amines) is 1. The molecule has 1 heterocycles. The van der Waals surface area contributed by atoms with Gasteiger partial charge in [-0.05, 0) is 24.0 Å². The molecule has 0 aliphatic carbocycles. The van der Waals surface area contributed by atoms with E-state index >= 15 is 0 Å². The van der Waals surface area contributed by atoms with E-state index < -0.39 is 0 Å². The predicted molar refractivity (Wildman–Crippen MR) is 94.5 cm³/mol. The molecule has 0 bridgehead atoms. The number of hydrogen-bond acceptors (Lipinski definition) is 3. The lowest BCUT2D eigenvalue weighted by Crippen LogP contribution is -2.47. The highest BCUT2D eigenvalue weighted by atomic mass is 16.6. The van der Waals surface area contributed by atoms with Crippen LogP contribution in [0.2, 0.25) is 0 Å². The number of benzene rings is 2. The summed E-state index contributed by atoms with van der Waals surface area (Å²) in [5.74, 6) is 0. The van der Waals surface area contributed by atoms with Crippen LogP contribution in [0.1, 0.15) is 24.0 Å². The van der Waals surface area contributed by atoms with Crippen molar-refractivity contribution in [2.24, 2.45) is 0 Å². The van der Waals surface area contributed by atoms with Gasteiger partial charge in [-0.25, -0.2) is 4.79 Å². The lowest BCUT2D eigenvalue weighted by atomic mass is 10.1. The van der Waals surface area contributed by atoms with Crippen molar-refractivity contribution < 1.29 is 9.53 Å². The van der Waals surface area contributed by atoms with Crippen molar-refractivity contribution >= 4 is 6.09 Å². The highest BCUT2D eigenvalue weighted by Crippen LogP contribution is 2.13. The van der Waals surface area contributed by atoms with Gasteiger partial charge in [-0.2, -0.15) is 0 Å². The molecule has 1 aliphatic rings. The zero-order valence-corrected chi connectivity index (χ0v) is 13.9. The molecular weight excluding hydrogens is 300 g/mol. The molecule has 4 nitrogen and oxygen atoms in total. The summed E-state index contributed by atoms with van der Waals surface area (Å²) in [7, 11) is 0. The monoisotopic (exact) mass is 324 g/mol. The van der Waals surface area contributed by atoms with Gasteiger partial charge in [0.2, 0.25) is 0 Å². The van der Waals surface area contributed by atoms with E-state index in [-0.39, 0.29) is 6.09 Å². The van der Waals surface area contributed by atoms with Crippen LogP contribution in [0.5, 0.6) is 0 Å². The van der Waals surface area contributed by atoms with Crippen LogP contribution in [0.4, 0.5) is 4.79 Å². The van der Waals surface area contributed by atoms with Gasteiger partial charge in [-0.3, -0.25) is 0 Å². The summed E-state index contributed by atoms with van der Waals surface area (Å²) in [6.07, 6.45) is 1.88. The molecule has 2 aromatic rings. The molecule has 1 amide bonds. The molecule has 0 saturated carbocycles. The van der Waals surface area contributed by atoms with E-state index in [9.17, 15) is 4.79 Å². The zero-order valence-electron chi connectivity index (χ0n) is 13.9. The van der Waals surface area contributed by atoms with Crippen molar-refractivity contribution in [2.75, 3.05) is 13.1 Å². The van der Waals surface area contributed by atoms with E-state index in [0.717, 1.165) is 31.5 Å². The third-order valence-corrected chi connectivity index (χ3v) is 4.32. The fourth-order valence-electron chi connectivity index (χ4n) is 2.98. The summed E-state index contributed by atoms with van der Waals surface area (Å²) in [5.41, 5.74) is 2.28. The van der Waals surface area contributed by atoms with Gasteiger partial charge in [0, 0.05) is 25.7 Å². The lowest BCUT2D eigenvalue weighted by Gasteiger charge is -2.32. The van der Waals surface area contributed by atoms with Crippen molar-refractivity contribution in [3.8, 4) is 0 Å². The van der Waals surface area contributed by atoms with Gasteiger partial charge in [0.1, 0.15) is 6.61 Å². The first kappa shape index (κ1) is 16.5. The number of nitrogens with one attached hydrogen (secondary N) is 1. The fourth-order valence-corrected chi connectivity index (χ4v) is 2.98. The maximum atomic E-state index is 12.3. The first-order valence-corrected chi connectivity index (χ1v) is 8.54. The van der Waals surface area contributed by atoms with E-state index in [1.807, 2.05) is 53.4 Å². The van der Waals surface area contributed by atoms with E-state index in [0.29, 0.717) is 19.2 Å². The van der Waals surface area contributed by atoms with Crippen LogP contribution in [-0.2, 0) is 17.9 Å². The molecule has 1 unspecified atom stereocenters. The smallest absolute Gasteiger partial charge is 0.410 e. The largest absolute Gasteiger partial charge is 0.445 e. The molecule has 1 atom stereocenters. The quantitative estimate of drug-likeness (QED) is 0.914. The standard InChI is InChI=1S/C20H24N2O2/c23-20(24-16-18-10-5-2-6-11-18)22-13-7-12-19(15-22)21-14-17-8-3-1-4-9-17/h1-6,8-11,19,21H,7,12-16H2. The number of carbonyl (C=O) groups is 1. The van der Waals surface area contributed by atoms with Gasteiger partial charge >= 0.3 is 6.09 Å². The first-order valence-electron chi connectivity index (χ1n) is 8.54. The average Bonchev–Trinajstić information content (AvgIpc) is 2.66. The Morgan fingerprint density at radius 3 is 2.42 bits per heavy atom. The Labute approximate surface area is 143 Å². The molecule has 24 heavy (non-hydrogen) atoms. The Bertz CT molecular complexity index is 631. The van der Waals surface area contributed by atoms with Crippen LogP contribution >= 0.6 is 0 Å². The van der Waals surface area contributed by atoms with E-state index in [1.165, 1.54) is 5.56 Å². The summed E-state index contributed by atoms with van der Waals surface area (Å²) >= 11 is 0. The number of rotatable bonds is 5. The summed E-state index contributed by atoms with van der Waals surface area (Å²) in [6, 6.07) is 20.5. The molecule has 0 spiro atoms. The van der Waals surface area contributed by atoms with Gasteiger partial charge in [0.25, 0.3) is 0 Å². The number of amides is 1. The van der Waals surface area contributed by atoms with Crippen molar-refractivity contribution in [1.82, 2.24) is 10.2 Å². The Morgan fingerprint density at radius 1 is 1.04 bits per heavy atom. The number of ether oxygens (including phenoxy) is 1. The third-order valence-electron chi connectivity index (χ3n) is 4.32. The summed E-state index contributed by atoms with van der Waals surface area (Å²) in [5, 5.41) is 3.55. The molecule has 126 valence electrons. The third kappa shape index (κ3) is 4.83. The minimum atomic E-state index is -0.218. The zero-order chi connectivity index (χ0) is 16.6. The van der Waals surface area contributed by atoms with E-state index in [4.69, 9.17) is 4.74 Å². The molecule has 2 aromatic carbocycles. The number of hydrogen-bond donors (Lipinski definition) is 1. The SMILES string of the molecule is O=C(OCc1ccccc1)N1CCCC(NCc2ccccc2)C1. The molecule has 1 aliphatic heterocycles.